The number of allylic oxidation sites excluding steroid dienone is 2. The highest BCUT2D eigenvalue weighted by molar-refractivity contribution is 8.03. The minimum Gasteiger partial charge on any atom is -0.495 e. The van der Waals surface area contributed by atoms with Crippen molar-refractivity contribution < 1.29 is 23.5 Å². The molecule has 1 atom stereocenters. The number of ether oxygens (including phenoxy) is 2. The molecule has 3 aromatic rings. The first-order chi connectivity index (χ1) is 19.2. The van der Waals surface area contributed by atoms with Crippen LogP contribution in [0.15, 0.2) is 80.9 Å². The van der Waals surface area contributed by atoms with Crippen molar-refractivity contribution in [3.05, 3.63) is 93.0 Å². The van der Waals surface area contributed by atoms with Crippen molar-refractivity contribution in [2.75, 3.05) is 30.6 Å². The molecule has 2 amide bonds. The summed E-state index contributed by atoms with van der Waals surface area (Å²) in [5.74, 6) is 0.464. The van der Waals surface area contributed by atoms with Crippen molar-refractivity contribution in [3.8, 4) is 17.6 Å². The molecule has 0 bridgehead atoms. The van der Waals surface area contributed by atoms with E-state index in [1.807, 2.05) is 0 Å². The summed E-state index contributed by atoms with van der Waals surface area (Å²) in [6.45, 7) is 3.53. The van der Waals surface area contributed by atoms with E-state index in [-0.39, 0.29) is 17.2 Å². The summed E-state index contributed by atoms with van der Waals surface area (Å²) in [7, 11) is 3.02. The number of nitrogens with one attached hydrogen (secondary N) is 3. The van der Waals surface area contributed by atoms with E-state index in [0.717, 1.165) is 11.8 Å². The molecule has 0 saturated carbocycles. The third-order valence-electron chi connectivity index (χ3n) is 6.08. The van der Waals surface area contributed by atoms with Gasteiger partial charge in [-0.25, -0.2) is 0 Å². The largest absolute Gasteiger partial charge is 0.495 e. The fraction of sp³-hybridized carbons (Fsp3) is 0.207. The topological polar surface area (TPSA) is 126 Å². The quantitative estimate of drug-likeness (QED) is 0.284. The molecule has 9 nitrogen and oxygen atoms in total. The van der Waals surface area contributed by atoms with Gasteiger partial charge in [0.05, 0.1) is 59.5 Å². The van der Waals surface area contributed by atoms with Crippen molar-refractivity contribution in [2.24, 2.45) is 0 Å². The van der Waals surface area contributed by atoms with E-state index >= 15 is 0 Å². The van der Waals surface area contributed by atoms with Crippen molar-refractivity contribution in [3.63, 3.8) is 0 Å². The lowest BCUT2D eigenvalue weighted by atomic mass is 9.85. The maximum Gasteiger partial charge on any atom is 0.254 e. The predicted octanol–water partition coefficient (Wildman–Crippen LogP) is 5.97. The highest BCUT2D eigenvalue weighted by Gasteiger charge is 2.37. The second-order valence-corrected chi connectivity index (χ2v) is 10.2. The molecular formula is C29H27ClN4O5S. The molecule has 0 saturated heterocycles. The normalized spacial score (nSPS) is 14.8. The first-order valence-corrected chi connectivity index (χ1v) is 13.5. The monoisotopic (exact) mass is 578 g/mol. The Bertz CT molecular complexity index is 1560. The molecule has 0 spiro atoms. The summed E-state index contributed by atoms with van der Waals surface area (Å²) >= 11 is 7.21. The van der Waals surface area contributed by atoms with Gasteiger partial charge >= 0.3 is 0 Å². The second-order valence-electron chi connectivity index (χ2n) is 8.74. The van der Waals surface area contributed by atoms with Gasteiger partial charge in [-0.05, 0) is 56.3 Å². The predicted molar refractivity (Wildman–Crippen MR) is 155 cm³/mol. The number of rotatable bonds is 9. The van der Waals surface area contributed by atoms with Gasteiger partial charge in [0.2, 0.25) is 5.91 Å². The fourth-order valence-corrected chi connectivity index (χ4v) is 5.32. The SMILES string of the molecule is COc1ccc(Cl)cc1NC(=O)CSC1=C(C#N)[C@@H](c2ccc(C)o2)C(C(=O)Nc2ccccc2OC)=C(C)N1. The Morgan fingerprint density at radius 3 is 2.45 bits per heavy atom. The molecule has 206 valence electrons. The van der Waals surface area contributed by atoms with Gasteiger partial charge in [0.15, 0.2) is 0 Å². The van der Waals surface area contributed by atoms with E-state index in [2.05, 4.69) is 22.0 Å². The standard InChI is InChI=1S/C29H27ClN4O5S/c1-16-9-11-24(39-16)27-19(14-31)29(40-15-25(35)33-21-13-18(30)10-12-23(21)38-4)32-17(2)26(27)28(36)34-20-7-5-6-8-22(20)37-3/h5-13,27,32H,15H2,1-4H3,(H,33,35)(H,34,36)/t27-/m0/s1. The van der Waals surface area contributed by atoms with Crippen molar-refractivity contribution in [1.29, 1.82) is 5.26 Å². The maximum atomic E-state index is 13.6. The number of nitrogens with zero attached hydrogens (tertiary/aromatic N) is 1. The number of carbonyl (C=O) groups is 2. The van der Waals surface area contributed by atoms with Gasteiger partial charge in [0.1, 0.15) is 23.0 Å². The molecule has 3 N–H and O–H groups in total. The number of amides is 2. The number of benzene rings is 2. The van der Waals surface area contributed by atoms with Crippen LogP contribution in [-0.4, -0.2) is 31.8 Å². The number of hydrogen-bond donors (Lipinski definition) is 3. The summed E-state index contributed by atoms with van der Waals surface area (Å²) in [6.07, 6.45) is 0. The maximum absolute atomic E-state index is 13.6. The van der Waals surface area contributed by atoms with Crippen LogP contribution >= 0.6 is 23.4 Å². The van der Waals surface area contributed by atoms with E-state index in [1.54, 1.807) is 68.4 Å². The van der Waals surface area contributed by atoms with Crippen LogP contribution in [0.3, 0.4) is 0 Å². The number of anilines is 2. The molecule has 0 unspecified atom stereocenters. The summed E-state index contributed by atoms with van der Waals surface area (Å²) in [4.78, 5) is 26.5. The minimum absolute atomic E-state index is 0.0247. The molecule has 2 heterocycles. The van der Waals surface area contributed by atoms with E-state index in [0.29, 0.717) is 55.7 Å². The van der Waals surface area contributed by atoms with Gasteiger partial charge in [0, 0.05) is 10.7 Å². The molecule has 0 fully saturated rings. The average molecular weight is 579 g/mol. The summed E-state index contributed by atoms with van der Waals surface area (Å²) in [6, 6.07) is 17.7. The van der Waals surface area contributed by atoms with Crippen LogP contribution in [0.1, 0.15) is 24.4 Å². The van der Waals surface area contributed by atoms with Crippen LogP contribution in [0.5, 0.6) is 11.5 Å². The molecule has 11 heteroatoms. The van der Waals surface area contributed by atoms with Gasteiger partial charge in [-0.3, -0.25) is 9.59 Å². The number of halogens is 1. The zero-order chi connectivity index (χ0) is 28.8. The van der Waals surface area contributed by atoms with Crippen LogP contribution in [-0.2, 0) is 9.59 Å². The van der Waals surface area contributed by atoms with Crippen molar-refractivity contribution >= 4 is 46.6 Å². The van der Waals surface area contributed by atoms with E-state index in [4.69, 9.17) is 25.5 Å². The van der Waals surface area contributed by atoms with Crippen LogP contribution in [0.25, 0.3) is 0 Å². The second kappa shape index (κ2) is 12.7. The van der Waals surface area contributed by atoms with Gasteiger partial charge in [-0.2, -0.15) is 5.26 Å². The Hall–Kier alpha value is -4.33. The Morgan fingerprint density at radius 1 is 1.05 bits per heavy atom. The van der Waals surface area contributed by atoms with E-state index in [9.17, 15) is 14.9 Å². The van der Waals surface area contributed by atoms with Crippen LogP contribution < -0.4 is 25.4 Å². The molecule has 1 aliphatic heterocycles. The third kappa shape index (κ3) is 6.28. The zero-order valence-corrected chi connectivity index (χ0v) is 23.8. The Labute approximate surface area is 241 Å². The highest BCUT2D eigenvalue weighted by Crippen LogP contribution is 2.42. The number of thioether (sulfide) groups is 1. The number of furan rings is 1. The summed E-state index contributed by atoms with van der Waals surface area (Å²) in [5.41, 5.74) is 2.00. The highest BCUT2D eigenvalue weighted by atomic mass is 35.5. The Morgan fingerprint density at radius 2 is 1.77 bits per heavy atom. The van der Waals surface area contributed by atoms with Crippen LogP contribution in [0.2, 0.25) is 5.02 Å². The first kappa shape index (κ1) is 28.7. The zero-order valence-electron chi connectivity index (χ0n) is 22.3. The molecule has 2 aromatic carbocycles. The van der Waals surface area contributed by atoms with Gasteiger partial charge < -0.3 is 29.8 Å². The van der Waals surface area contributed by atoms with Crippen molar-refractivity contribution in [1.82, 2.24) is 5.32 Å². The lowest BCUT2D eigenvalue weighted by Gasteiger charge is -2.28. The number of para-hydroxylation sites is 2. The first-order valence-electron chi connectivity index (χ1n) is 12.1. The minimum atomic E-state index is -0.798. The van der Waals surface area contributed by atoms with Crippen LogP contribution in [0.4, 0.5) is 11.4 Å². The van der Waals surface area contributed by atoms with E-state index < -0.39 is 11.8 Å². The number of hydrogen-bond acceptors (Lipinski definition) is 8. The van der Waals surface area contributed by atoms with Gasteiger partial charge in [-0.15, -0.1) is 0 Å². The van der Waals surface area contributed by atoms with Crippen molar-refractivity contribution in [2.45, 2.75) is 19.8 Å². The smallest absolute Gasteiger partial charge is 0.254 e. The number of carbonyl (C=O) groups excluding carboxylic acids is 2. The Kier molecular flexibility index (Phi) is 9.09. The van der Waals surface area contributed by atoms with Gasteiger partial charge in [-0.1, -0.05) is 35.5 Å². The summed E-state index contributed by atoms with van der Waals surface area (Å²) in [5, 5.41) is 20.0. The third-order valence-corrected chi connectivity index (χ3v) is 7.33. The molecular weight excluding hydrogens is 552 g/mol. The molecule has 0 aliphatic carbocycles. The molecule has 1 aromatic heterocycles. The number of methoxy groups -OCH3 is 2. The number of dihydropyridines is 1. The molecule has 40 heavy (non-hydrogen) atoms. The lowest BCUT2D eigenvalue weighted by molar-refractivity contribution is -0.114. The fourth-order valence-electron chi connectivity index (χ4n) is 4.26. The number of aryl methyl sites for hydroxylation is 1. The summed E-state index contributed by atoms with van der Waals surface area (Å²) < 4.78 is 16.6. The molecule has 1 aliphatic rings. The lowest BCUT2D eigenvalue weighted by Crippen LogP contribution is -2.31. The molecule has 4 rings (SSSR count). The number of nitriles is 1. The average Bonchev–Trinajstić information content (AvgIpc) is 3.37. The van der Waals surface area contributed by atoms with Crippen LogP contribution in [0, 0.1) is 18.3 Å². The van der Waals surface area contributed by atoms with Gasteiger partial charge in [0.25, 0.3) is 5.91 Å². The Balaban J connectivity index is 1.62. The molecule has 0 radical (unpaired) electrons. The van der Waals surface area contributed by atoms with E-state index in [1.165, 1.54) is 14.2 Å².